The van der Waals surface area contributed by atoms with Gasteiger partial charge in [-0.05, 0) is 12.5 Å². The zero-order chi connectivity index (χ0) is 7.40. The fourth-order valence-electron chi connectivity index (χ4n) is 0.968. The summed E-state index contributed by atoms with van der Waals surface area (Å²) in [7, 11) is 0. The second-order valence-electron chi connectivity index (χ2n) is 2.75. The van der Waals surface area contributed by atoms with Gasteiger partial charge in [-0.1, -0.05) is 6.92 Å². The number of hydrogen-bond donors (Lipinski definition) is 1. The smallest absolute Gasteiger partial charge is 0.158 e. The molecule has 0 aromatic rings. The van der Waals surface area contributed by atoms with Gasteiger partial charge in [-0.2, -0.15) is 0 Å². The summed E-state index contributed by atoms with van der Waals surface area (Å²) in [6.45, 7) is 4.29. The summed E-state index contributed by atoms with van der Waals surface area (Å²) in [5.74, 6) is 0.503. The van der Waals surface area contributed by atoms with Gasteiger partial charge in [0.1, 0.15) is 0 Å². The fraction of sp³-hybridized carbons (Fsp3) is 1.00. The van der Waals surface area contributed by atoms with E-state index in [0.717, 1.165) is 19.6 Å². The van der Waals surface area contributed by atoms with E-state index in [1.807, 2.05) is 0 Å². The van der Waals surface area contributed by atoms with Crippen LogP contribution in [-0.4, -0.2) is 26.0 Å². The molecule has 1 fully saturated rings. The van der Waals surface area contributed by atoms with E-state index in [9.17, 15) is 0 Å². The molecule has 1 saturated heterocycles. The SMILES string of the molecule is CC(CN)CC1OCCO1. The quantitative estimate of drug-likeness (QED) is 0.623. The van der Waals surface area contributed by atoms with Crippen molar-refractivity contribution in [2.75, 3.05) is 19.8 Å². The van der Waals surface area contributed by atoms with E-state index in [2.05, 4.69) is 6.92 Å². The van der Waals surface area contributed by atoms with Gasteiger partial charge in [-0.25, -0.2) is 0 Å². The molecule has 0 amide bonds. The van der Waals surface area contributed by atoms with Gasteiger partial charge in [-0.3, -0.25) is 0 Å². The van der Waals surface area contributed by atoms with Gasteiger partial charge in [0.05, 0.1) is 13.2 Å². The summed E-state index contributed by atoms with van der Waals surface area (Å²) in [5.41, 5.74) is 5.44. The molecule has 10 heavy (non-hydrogen) atoms. The number of ether oxygens (including phenoxy) is 2. The van der Waals surface area contributed by atoms with Crippen molar-refractivity contribution in [2.24, 2.45) is 11.7 Å². The Morgan fingerprint density at radius 2 is 2.10 bits per heavy atom. The molecule has 3 heteroatoms. The lowest BCUT2D eigenvalue weighted by molar-refractivity contribution is -0.0548. The van der Waals surface area contributed by atoms with Crippen molar-refractivity contribution in [3.05, 3.63) is 0 Å². The van der Waals surface area contributed by atoms with E-state index in [4.69, 9.17) is 15.2 Å². The molecule has 0 aromatic heterocycles. The average Bonchev–Trinajstić information content (AvgIpc) is 2.40. The Morgan fingerprint density at radius 3 is 2.60 bits per heavy atom. The average molecular weight is 145 g/mol. The molecule has 1 aliphatic rings. The molecule has 1 rings (SSSR count). The topological polar surface area (TPSA) is 44.5 Å². The lowest BCUT2D eigenvalue weighted by Gasteiger charge is -2.12. The van der Waals surface area contributed by atoms with Crippen LogP contribution >= 0.6 is 0 Å². The van der Waals surface area contributed by atoms with Gasteiger partial charge in [0.25, 0.3) is 0 Å². The van der Waals surface area contributed by atoms with E-state index in [1.165, 1.54) is 0 Å². The van der Waals surface area contributed by atoms with Crippen LogP contribution < -0.4 is 5.73 Å². The van der Waals surface area contributed by atoms with Gasteiger partial charge < -0.3 is 15.2 Å². The van der Waals surface area contributed by atoms with Crippen molar-refractivity contribution in [1.29, 1.82) is 0 Å². The van der Waals surface area contributed by atoms with Crippen LogP contribution in [-0.2, 0) is 9.47 Å². The zero-order valence-electron chi connectivity index (χ0n) is 6.38. The molecule has 1 unspecified atom stereocenters. The van der Waals surface area contributed by atoms with Crippen molar-refractivity contribution in [3.63, 3.8) is 0 Å². The molecular formula is C7H15NO2. The summed E-state index contributed by atoms with van der Waals surface area (Å²) in [5, 5.41) is 0. The predicted octanol–water partition coefficient (Wildman–Crippen LogP) is 0.344. The van der Waals surface area contributed by atoms with Crippen LogP contribution in [0.25, 0.3) is 0 Å². The first-order valence-corrected chi connectivity index (χ1v) is 3.76. The fourth-order valence-corrected chi connectivity index (χ4v) is 0.968. The molecular weight excluding hydrogens is 130 g/mol. The van der Waals surface area contributed by atoms with Crippen molar-refractivity contribution in [2.45, 2.75) is 19.6 Å². The molecule has 1 aliphatic heterocycles. The highest BCUT2D eigenvalue weighted by atomic mass is 16.7. The first kappa shape index (κ1) is 7.98. The number of rotatable bonds is 3. The van der Waals surface area contributed by atoms with E-state index >= 15 is 0 Å². The third-order valence-corrected chi connectivity index (χ3v) is 1.69. The summed E-state index contributed by atoms with van der Waals surface area (Å²) in [4.78, 5) is 0. The maximum Gasteiger partial charge on any atom is 0.158 e. The second-order valence-corrected chi connectivity index (χ2v) is 2.75. The van der Waals surface area contributed by atoms with Gasteiger partial charge in [-0.15, -0.1) is 0 Å². The molecule has 1 atom stereocenters. The van der Waals surface area contributed by atoms with E-state index in [0.29, 0.717) is 12.5 Å². The molecule has 0 bridgehead atoms. The van der Waals surface area contributed by atoms with Crippen LogP contribution in [0, 0.1) is 5.92 Å². The Hall–Kier alpha value is -0.120. The Balaban J connectivity index is 2.11. The maximum absolute atomic E-state index is 5.44. The zero-order valence-corrected chi connectivity index (χ0v) is 6.38. The summed E-state index contributed by atoms with van der Waals surface area (Å²) < 4.78 is 10.5. The van der Waals surface area contributed by atoms with Crippen LogP contribution in [0.3, 0.4) is 0 Å². The highest BCUT2D eigenvalue weighted by Gasteiger charge is 2.17. The first-order chi connectivity index (χ1) is 4.83. The Kier molecular flexibility index (Phi) is 3.12. The summed E-state index contributed by atoms with van der Waals surface area (Å²) in [6.07, 6.45) is 0.940. The monoisotopic (exact) mass is 145 g/mol. The highest BCUT2D eigenvalue weighted by molar-refractivity contribution is 4.59. The third kappa shape index (κ3) is 2.25. The van der Waals surface area contributed by atoms with E-state index in [-0.39, 0.29) is 6.29 Å². The third-order valence-electron chi connectivity index (χ3n) is 1.69. The lowest BCUT2D eigenvalue weighted by atomic mass is 10.1. The largest absolute Gasteiger partial charge is 0.350 e. The normalized spacial score (nSPS) is 23.4. The van der Waals surface area contributed by atoms with Crippen LogP contribution in [0.15, 0.2) is 0 Å². The molecule has 0 aromatic carbocycles. The van der Waals surface area contributed by atoms with Gasteiger partial charge in [0.15, 0.2) is 6.29 Å². The van der Waals surface area contributed by atoms with Crippen LogP contribution in [0.1, 0.15) is 13.3 Å². The number of nitrogens with two attached hydrogens (primary N) is 1. The van der Waals surface area contributed by atoms with Crippen molar-refractivity contribution < 1.29 is 9.47 Å². The molecule has 0 spiro atoms. The molecule has 2 N–H and O–H groups in total. The molecule has 60 valence electrons. The van der Waals surface area contributed by atoms with Gasteiger partial charge in [0.2, 0.25) is 0 Å². The van der Waals surface area contributed by atoms with Crippen molar-refractivity contribution >= 4 is 0 Å². The number of hydrogen-bond acceptors (Lipinski definition) is 3. The Morgan fingerprint density at radius 1 is 1.50 bits per heavy atom. The van der Waals surface area contributed by atoms with Crippen LogP contribution in [0.4, 0.5) is 0 Å². The minimum atomic E-state index is 0.0125. The van der Waals surface area contributed by atoms with Crippen LogP contribution in [0.2, 0.25) is 0 Å². The predicted molar refractivity (Wildman–Crippen MR) is 38.5 cm³/mol. The standard InChI is InChI=1S/C7H15NO2/c1-6(5-8)4-7-9-2-3-10-7/h6-7H,2-5,8H2,1H3. The first-order valence-electron chi connectivity index (χ1n) is 3.76. The molecule has 0 aliphatic carbocycles. The summed E-state index contributed by atoms with van der Waals surface area (Å²) >= 11 is 0. The minimum Gasteiger partial charge on any atom is -0.350 e. The second kappa shape index (κ2) is 3.91. The maximum atomic E-state index is 5.44. The summed E-state index contributed by atoms with van der Waals surface area (Å²) in [6, 6.07) is 0. The highest BCUT2D eigenvalue weighted by Crippen LogP contribution is 2.12. The minimum absolute atomic E-state index is 0.0125. The molecule has 3 nitrogen and oxygen atoms in total. The Labute approximate surface area is 61.5 Å². The lowest BCUT2D eigenvalue weighted by Crippen LogP contribution is -2.18. The van der Waals surface area contributed by atoms with Crippen molar-refractivity contribution in [1.82, 2.24) is 0 Å². The van der Waals surface area contributed by atoms with E-state index in [1.54, 1.807) is 0 Å². The Bertz CT molecular complexity index is 91.6. The van der Waals surface area contributed by atoms with E-state index < -0.39 is 0 Å². The van der Waals surface area contributed by atoms with Gasteiger partial charge >= 0.3 is 0 Å². The van der Waals surface area contributed by atoms with Crippen LogP contribution in [0.5, 0.6) is 0 Å². The molecule has 0 saturated carbocycles. The van der Waals surface area contributed by atoms with Crippen molar-refractivity contribution in [3.8, 4) is 0 Å². The molecule has 0 radical (unpaired) electrons. The van der Waals surface area contributed by atoms with Gasteiger partial charge in [0, 0.05) is 6.42 Å². The molecule has 1 heterocycles.